The number of hydrogen-bond acceptors (Lipinski definition) is 3. The van der Waals surface area contributed by atoms with Crippen LogP contribution in [-0.2, 0) is 15.6 Å². The molecule has 1 aliphatic heterocycles. The average molecular weight is 272 g/mol. The van der Waals surface area contributed by atoms with Crippen molar-refractivity contribution >= 4 is 16.7 Å². The van der Waals surface area contributed by atoms with E-state index >= 15 is 0 Å². The van der Waals surface area contributed by atoms with Crippen molar-refractivity contribution in [2.24, 2.45) is 5.92 Å². The van der Waals surface area contributed by atoms with Gasteiger partial charge in [-0.1, -0.05) is 0 Å². The molecule has 0 aromatic rings. The molecule has 0 radical (unpaired) electrons. The molecule has 2 aliphatic rings. The summed E-state index contributed by atoms with van der Waals surface area (Å²) in [4.78, 5) is 13.9. The van der Waals surface area contributed by atoms with E-state index in [1.54, 1.807) is 0 Å². The SMILES string of the molecule is CNC(CS(=O)CC(=O)N1CCCCC1)C1CC1. The van der Waals surface area contributed by atoms with E-state index in [1.165, 1.54) is 19.3 Å². The zero-order valence-corrected chi connectivity index (χ0v) is 12.0. The van der Waals surface area contributed by atoms with E-state index in [9.17, 15) is 9.00 Å². The summed E-state index contributed by atoms with van der Waals surface area (Å²) in [5.74, 6) is 1.61. The summed E-state index contributed by atoms with van der Waals surface area (Å²) < 4.78 is 12.0. The van der Waals surface area contributed by atoms with Crippen LogP contribution in [-0.4, -0.2) is 52.7 Å². The van der Waals surface area contributed by atoms with Gasteiger partial charge in [-0.3, -0.25) is 9.00 Å². The summed E-state index contributed by atoms with van der Waals surface area (Å²) in [6.45, 7) is 1.71. The molecule has 1 saturated heterocycles. The molecule has 1 N–H and O–H groups in total. The van der Waals surface area contributed by atoms with Crippen molar-refractivity contribution in [1.82, 2.24) is 10.2 Å². The molecule has 18 heavy (non-hydrogen) atoms. The highest BCUT2D eigenvalue weighted by Gasteiger charge is 2.31. The predicted molar refractivity (Wildman–Crippen MR) is 73.9 cm³/mol. The number of carbonyl (C=O) groups excluding carboxylic acids is 1. The molecule has 4 nitrogen and oxygen atoms in total. The number of nitrogens with one attached hydrogen (secondary N) is 1. The van der Waals surface area contributed by atoms with Gasteiger partial charge in [-0.05, 0) is 45.1 Å². The Hall–Kier alpha value is -0.420. The predicted octanol–water partition coefficient (Wildman–Crippen LogP) is 0.746. The Balaban J connectivity index is 1.73. The molecule has 1 amide bonds. The van der Waals surface area contributed by atoms with Crippen molar-refractivity contribution in [3.63, 3.8) is 0 Å². The molecular formula is C13H24N2O2S. The first-order valence-corrected chi connectivity index (χ1v) is 8.49. The smallest absolute Gasteiger partial charge is 0.235 e. The van der Waals surface area contributed by atoms with Crippen LogP contribution in [0.4, 0.5) is 0 Å². The van der Waals surface area contributed by atoms with Gasteiger partial charge in [0.05, 0.1) is 0 Å². The van der Waals surface area contributed by atoms with Gasteiger partial charge in [0, 0.05) is 35.7 Å². The summed E-state index contributed by atoms with van der Waals surface area (Å²) in [6.07, 6.45) is 5.89. The van der Waals surface area contributed by atoms with E-state index < -0.39 is 10.8 Å². The van der Waals surface area contributed by atoms with Crippen LogP contribution < -0.4 is 5.32 Å². The number of nitrogens with zero attached hydrogens (tertiary/aromatic N) is 1. The zero-order chi connectivity index (χ0) is 13.0. The maximum Gasteiger partial charge on any atom is 0.235 e. The largest absolute Gasteiger partial charge is 0.342 e. The number of hydrogen-bond donors (Lipinski definition) is 1. The topological polar surface area (TPSA) is 49.4 Å². The van der Waals surface area contributed by atoms with Gasteiger partial charge >= 0.3 is 0 Å². The molecule has 104 valence electrons. The number of piperidine rings is 1. The highest BCUT2D eigenvalue weighted by Crippen LogP contribution is 2.32. The van der Waals surface area contributed by atoms with Crippen LogP contribution >= 0.6 is 0 Å². The van der Waals surface area contributed by atoms with Crippen LogP contribution in [0.2, 0.25) is 0 Å². The standard InChI is InChI=1S/C13H24N2O2S/c1-14-12(11-5-6-11)9-18(17)10-13(16)15-7-3-2-4-8-15/h11-12,14H,2-10H2,1H3. The second kappa shape index (κ2) is 6.66. The highest BCUT2D eigenvalue weighted by molar-refractivity contribution is 7.85. The second-order valence-electron chi connectivity index (χ2n) is 5.42. The maximum absolute atomic E-state index is 12.0. The maximum atomic E-state index is 12.0. The third kappa shape index (κ3) is 4.05. The van der Waals surface area contributed by atoms with E-state index in [0.717, 1.165) is 25.9 Å². The van der Waals surface area contributed by atoms with Gasteiger partial charge in [-0.25, -0.2) is 0 Å². The first kappa shape index (κ1) is 14.0. The van der Waals surface area contributed by atoms with E-state index in [1.807, 2.05) is 11.9 Å². The van der Waals surface area contributed by atoms with Crippen LogP contribution in [0, 0.1) is 5.92 Å². The normalized spacial score (nSPS) is 23.7. The first-order chi connectivity index (χ1) is 8.70. The molecule has 2 atom stereocenters. The minimum Gasteiger partial charge on any atom is -0.342 e. The van der Waals surface area contributed by atoms with E-state index in [-0.39, 0.29) is 11.7 Å². The summed E-state index contributed by atoms with van der Waals surface area (Å²) in [7, 11) is 0.907. The quantitative estimate of drug-likeness (QED) is 0.776. The van der Waals surface area contributed by atoms with Crippen molar-refractivity contribution in [1.29, 1.82) is 0 Å². The van der Waals surface area contributed by atoms with Crippen molar-refractivity contribution in [2.45, 2.75) is 38.1 Å². The van der Waals surface area contributed by atoms with E-state index in [0.29, 0.717) is 17.7 Å². The zero-order valence-electron chi connectivity index (χ0n) is 11.2. The highest BCUT2D eigenvalue weighted by atomic mass is 32.2. The summed E-state index contributed by atoms with van der Waals surface area (Å²) in [5.41, 5.74) is 0. The monoisotopic (exact) mass is 272 g/mol. The minimum absolute atomic E-state index is 0.0821. The molecule has 2 rings (SSSR count). The Kier molecular flexibility index (Phi) is 5.18. The molecule has 0 bridgehead atoms. The van der Waals surface area contributed by atoms with Gasteiger partial charge in [0.25, 0.3) is 0 Å². The Morgan fingerprint density at radius 3 is 2.56 bits per heavy atom. The molecule has 0 aromatic heterocycles. The van der Waals surface area contributed by atoms with Crippen LogP contribution in [0.3, 0.4) is 0 Å². The Bertz CT molecular complexity index is 312. The number of likely N-dealkylation sites (tertiary alicyclic amines) is 1. The first-order valence-electron chi connectivity index (χ1n) is 7.00. The molecule has 1 aliphatic carbocycles. The van der Waals surface area contributed by atoms with E-state index in [2.05, 4.69) is 5.32 Å². The molecule has 5 heteroatoms. The molecule has 1 saturated carbocycles. The summed E-state index contributed by atoms with van der Waals surface area (Å²) in [5, 5.41) is 3.23. The van der Waals surface area contributed by atoms with Gasteiger partial charge in [0.1, 0.15) is 5.75 Å². The number of carbonyl (C=O) groups is 1. The Morgan fingerprint density at radius 2 is 2.00 bits per heavy atom. The number of rotatable bonds is 6. The molecule has 1 heterocycles. The van der Waals surface area contributed by atoms with Gasteiger partial charge < -0.3 is 10.2 Å². The third-order valence-electron chi connectivity index (χ3n) is 3.92. The van der Waals surface area contributed by atoms with Gasteiger partial charge in [-0.2, -0.15) is 0 Å². The van der Waals surface area contributed by atoms with Crippen LogP contribution in [0.1, 0.15) is 32.1 Å². The fourth-order valence-electron chi connectivity index (χ4n) is 2.59. The van der Waals surface area contributed by atoms with Gasteiger partial charge in [-0.15, -0.1) is 0 Å². The van der Waals surface area contributed by atoms with E-state index in [4.69, 9.17) is 0 Å². The van der Waals surface area contributed by atoms with Crippen LogP contribution in [0.5, 0.6) is 0 Å². The fourth-order valence-corrected chi connectivity index (χ4v) is 4.00. The lowest BCUT2D eigenvalue weighted by Crippen LogP contribution is -2.40. The van der Waals surface area contributed by atoms with Crippen LogP contribution in [0.15, 0.2) is 0 Å². The molecule has 2 fully saturated rings. The van der Waals surface area contributed by atoms with Crippen molar-refractivity contribution in [2.75, 3.05) is 31.6 Å². The van der Waals surface area contributed by atoms with Crippen molar-refractivity contribution < 1.29 is 9.00 Å². The molecular weight excluding hydrogens is 248 g/mol. The summed E-state index contributed by atoms with van der Waals surface area (Å²) in [6, 6.07) is 0.333. The van der Waals surface area contributed by atoms with Crippen LogP contribution in [0.25, 0.3) is 0 Å². The van der Waals surface area contributed by atoms with Crippen molar-refractivity contribution in [3.05, 3.63) is 0 Å². The average Bonchev–Trinajstić information content (AvgIpc) is 3.21. The van der Waals surface area contributed by atoms with Crippen molar-refractivity contribution in [3.8, 4) is 0 Å². The minimum atomic E-state index is -1.02. The lowest BCUT2D eigenvalue weighted by molar-refractivity contribution is -0.129. The molecule has 0 spiro atoms. The second-order valence-corrected chi connectivity index (χ2v) is 6.93. The van der Waals surface area contributed by atoms with Gasteiger partial charge in [0.2, 0.25) is 5.91 Å². The van der Waals surface area contributed by atoms with Gasteiger partial charge in [0.15, 0.2) is 0 Å². The molecule has 0 aromatic carbocycles. The number of amides is 1. The fraction of sp³-hybridized carbons (Fsp3) is 0.923. The third-order valence-corrected chi connectivity index (χ3v) is 5.22. The lowest BCUT2D eigenvalue weighted by Gasteiger charge is -2.26. The lowest BCUT2D eigenvalue weighted by atomic mass is 10.1. The Morgan fingerprint density at radius 1 is 1.33 bits per heavy atom. The Labute approximate surface area is 112 Å². The molecule has 2 unspecified atom stereocenters. The summed E-state index contributed by atoms with van der Waals surface area (Å²) >= 11 is 0.